The Bertz CT molecular complexity index is 631. The molecule has 1 unspecified atom stereocenters. The summed E-state index contributed by atoms with van der Waals surface area (Å²) in [4.78, 5) is 4.75. The van der Waals surface area contributed by atoms with Crippen LogP contribution >= 0.6 is 15.9 Å². The molecule has 0 fully saturated rings. The molecule has 4 heteroatoms. The third-order valence-corrected chi connectivity index (χ3v) is 4.63. The maximum atomic E-state index is 4.75. The highest BCUT2D eigenvalue weighted by Gasteiger charge is 2.27. The molecule has 0 aliphatic carbocycles. The van der Waals surface area contributed by atoms with E-state index in [1.165, 1.54) is 16.8 Å². The lowest BCUT2D eigenvalue weighted by Gasteiger charge is -2.14. The maximum Gasteiger partial charge on any atom is 0.131 e. The Hall–Kier alpha value is -1.13. The molecule has 0 saturated carbocycles. The highest BCUT2D eigenvalue weighted by Crippen LogP contribution is 2.33. The van der Waals surface area contributed by atoms with Crippen LogP contribution in [0.1, 0.15) is 55.4 Å². The average molecular weight is 334 g/mol. The van der Waals surface area contributed by atoms with Crippen molar-refractivity contribution in [2.75, 3.05) is 0 Å². The maximum absolute atomic E-state index is 4.75. The first-order valence-electron chi connectivity index (χ1n) is 7.18. The Morgan fingerprint density at radius 2 is 2.25 bits per heavy atom. The van der Waals surface area contributed by atoms with Gasteiger partial charge in [-0.25, -0.2) is 4.98 Å². The van der Waals surface area contributed by atoms with Gasteiger partial charge in [0.1, 0.15) is 5.82 Å². The van der Waals surface area contributed by atoms with Gasteiger partial charge in [-0.2, -0.15) is 0 Å². The van der Waals surface area contributed by atoms with Gasteiger partial charge in [0, 0.05) is 10.7 Å². The fraction of sp³-hybridized carbons (Fsp3) is 0.438. The van der Waals surface area contributed by atoms with E-state index in [-0.39, 0.29) is 6.04 Å². The van der Waals surface area contributed by atoms with E-state index in [2.05, 4.69) is 71.0 Å². The van der Waals surface area contributed by atoms with Crippen molar-refractivity contribution in [3.8, 4) is 0 Å². The van der Waals surface area contributed by atoms with Gasteiger partial charge in [-0.15, -0.1) is 0 Å². The van der Waals surface area contributed by atoms with Crippen molar-refractivity contribution in [2.24, 2.45) is 0 Å². The van der Waals surface area contributed by atoms with Gasteiger partial charge in [-0.3, -0.25) is 5.32 Å². The van der Waals surface area contributed by atoms with E-state index in [4.69, 9.17) is 4.98 Å². The summed E-state index contributed by atoms with van der Waals surface area (Å²) in [6, 6.07) is 6.85. The third-order valence-electron chi connectivity index (χ3n) is 3.95. The minimum absolute atomic E-state index is 0.186. The number of hydrogen-bond donors (Lipinski definition) is 1. The fourth-order valence-corrected chi connectivity index (χ4v) is 3.31. The molecule has 2 aromatic rings. The Morgan fingerprint density at radius 3 is 2.90 bits per heavy atom. The first kappa shape index (κ1) is 13.8. The van der Waals surface area contributed by atoms with E-state index in [9.17, 15) is 0 Å². The van der Waals surface area contributed by atoms with Crippen molar-refractivity contribution < 1.29 is 0 Å². The summed E-state index contributed by atoms with van der Waals surface area (Å²) in [5.74, 6) is 1.67. The summed E-state index contributed by atoms with van der Waals surface area (Å²) in [5.41, 5.74) is 3.79. The van der Waals surface area contributed by atoms with Gasteiger partial charge < -0.3 is 4.57 Å². The van der Waals surface area contributed by atoms with Crippen LogP contribution in [-0.2, 0) is 13.1 Å². The standard InChI is InChI=1S/C16H20BrN3/c1-4-12-8-20-9-18-15(16(20)19-12)13-6-5-11(10(2)3)7-14(13)17/h5-8,10,15,18H,4,9H2,1-3H3. The summed E-state index contributed by atoms with van der Waals surface area (Å²) in [6.45, 7) is 7.42. The van der Waals surface area contributed by atoms with E-state index in [0.29, 0.717) is 5.92 Å². The van der Waals surface area contributed by atoms with Gasteiger partial charge in [0.2, 0.25) is 0 Å². The van der Waals surface area contributed by atoms with Crippen LogP contribution in [0.25, 0.3) is 0 Å². The van der Waals surface area contributed by atoms with Crippen LogP contribution in [0.3, 0.4) is 0 Å². The van der Waals surface area contributed by atoms with E-state index in [1.807, 2.05) is 0 Å². The number of nitrogens with zero attached hydrogens (tertiary/aromatic N) is 2. The van der Waals surface area contributed by atoms with Gasteiger partial charge in [-0.05, 0) is 29.5 Å². The molecule has 3 rings (SSSR count). The third kappa shape index (κ3) is 2.31. The van der Waals surface area contributed by atoms with Gasteiger partial charge in [0.05, 0.1) is 18.4 Å². The average Bonchev–Trinajstić information content (AvgIpc) is 2.98. The van der Waals surface area contributed by atoms with Crippen LogP contribution < -0.4 is 5.32 Å². The number of rotatable bonds is 3. The lowest BCUT2D eigenvalue weighted by atomic mass is 9.99. The van der Waals surface area contributed by atoms with Crippen molar-refractivity contribution >= 4 is 15.9 Å². The summed E-state index contributed by atoms with van der Waals surface area (Å²) in [6.07, 6.45) is 3.14. The van der Waals surface area contributed by atoms with Crippen LogP contribution in [-0.4, -0.2) is 9.55 Å². The second-order valence-corrected chi connectivity index (χ2v) is 6.50. The predicted molar refractivity (Wildman–Crippen MR) is 84.8 cm³/mol. The molecule has 106 valence electrons. The van der Waals surface area contributed by atoms with E-state index < -0.39 is 0 Å². The largest absolute Gasteiger partial charge is 0.320 e. The molecule has 1 aliphatic rings. The normalized spacial score (nSPS) is 17.8. The number of aromatic nitrogens is 2. The number of fused-ring (bicyclic) bond motifs is 1. The minimum atomic E-state index is 0.186. The molecule has 1 aromatic heterocycles. The molecule has 20 heavy (non-hydrogen) atoms. The molecule has 1 aromatic carbocycles. The van der Waals surface area contributed by atoms with Crippen LogP contribution in [0.5, 0.6) is 0 Å². The van der Waals surface area contributed by atoms with Gasteiger partial charge >= 0.3 is 0 Å². The Morgan fingerprint density at radius 1 is 1.45 bits per heavy atom. The Labute approximate surface area is 128 Å². The fourth-order valence-electron chi connectivity index (χ4n) is 2.68. The van der Waals surface area contributed by atoms with Crippen molar-refractivity contribution in [1.82, 2.24) is 14.9 Å². The molecule has 0 saturated heterocycles. The summed E-state index contributed by atoms with van der Waals surface area (Å²) < 4.78 is 3.38. The van der Waals surface area contributed by atoms with Gasteiger partial charge in [0.15, 0.2) is 0 Å². The molecule has 1 N–H and O–H groups in total. The molecule has 2 heterocycles. The molecule has 0 bridgehead atoms. The number of halogens is 1. The Balaban J connectivity index is 1.97. The number of aryl methyl sites for hydroxylation is 1. The quantitative estimate of drug-likeness (QED) is 0.920. The van der Waals surface area contributed by atoms with Crippen LogP contribution in [0, 0.1) is 0 Å². The number of imidazole rings is 1. The summed E-state index contributed by atoms with van der Waals surface area (Å²) in [7, 11) is 0. The number of nitrogens with one attached hydrogen (secondary N) is 1. The molecule has 0 spiro atoms. The molecule has 0 radical (unpaired) electrons. The highest BCUT2D eigenvalue weighted by molar-refractivity contribution is 9.10. The molecular formula is C16H20BrN3. The van der Waals surface area contributed by atoms with E-state index >= 15 is 0 Å². The summed E-state index contributed by atoms with van der Waals surface area (Å²) >= 11 is 3.72. The summed E-state index contributed by atoms with van der Waals surface area (Å²) in [5, 5.41) is 3.53. The SMILES string of the molecule is CCc1cn2c(n1)C(c1ccc(C(C)C)cc1Br)NC2. The minimum Gasteiger partial charge on any atom is -0.320 e. The first-order valence-corrected chi connectivity index (χ1v) is 7.98. The zero-order valence-corrected chi connectivity index (χ0v) is 13.7. The molecule has 1 aliphatic heterocycles. The number of benzene rings is 1. The zero-order valence-electron chi connectivity index (χ0n) is 12.2. The molecule has 1 atom stereocenters. The lowest BCUT2D eigenvalue weighted by Crippen LogP contribution is -2.15. The Kier molecular flexibility index (Phi) is 3.69. The smallest absolute Gasteiger partial charge is 0.131 e. The molecular weight excluding hydrogens is 314 g/mol. The molecule has 0 amide bonds. The van der Waals surface area contributed by atoms with Crippen molar-refractivity contribution in [2.45, 2.75) is 45.8 Å². The van der Waals surface area contributed by atoms with Crippen LogP contribution in [0.4, 0.5) is 0 Å². The van der Waals surface area contributed by atoms with Crippen molar-refractivity contribution in [1.29, 1.82) is 0 Å². The first-order chi connectivity index (χ1) is 9.60. The topological polar surface area (TPSA) is 29.9 Å². The van der Waals surface area contributed by atoms with E-state index in [0.717, 1.165) is 23.4 Å². The second kappa shape index (κ2) is 5.34. The monoisotopic (exact) mass is 333 g/mol. The van der Waals surface area contributed by atoms with Gasteiger partial charge in [0.25, 0.3) is 0 Å². The zero-order chi connectivity index (χ0) is 14.3. The van der Waals surface area contributed by atoms with Crippen molar-refractivity contribution in [3.05, 3.63) is 51.5 Å². The van der Waals surface area contributed by atoms with Crippen LogP contribution in [0.15, 0.2) is 28.9 Å². The molecule has 3 nitrogen and oxygen atoms in total. The second-order valence-electron chi connectivity index (χ2n) is 5.64. The van der Waals surface area contributed by atoms with Gasteiger partial charge in [-0.1, -0.05) is 48.8 Å². The highest BCUT2D eigenvalue weighted by atomic mass is 79.9. The number of hydrogen-bond acceptors (Lipinski definition) is 2. The lowest BCUT2D eigenvalue weighted by molar-refractivity contribution is 0.610. The predicted octanol–water partition coefficient (Wildman–Crippen LogP) is 3.98. The van der Waals surface area contributed by atoms with E-state index in [1.54, 1.807) is 0 Å². The van der Waals surface area contributed by atoms with Crippen LogP contribution in [0.2, 0.25) is 0 Å². The van der Waals surface area contributed by atoms with Crippen molar-refractivity contribution in [3.63, 3.8) is 0 Å².